The number of likely N-dealkylation sites (tertiary alicyclic amines) is 1. The number of benzene rings is 1. The van der Waals surface area contributed by atoms with Crippen molar-refractivity contribution in [3.63, 3.8) is 0 Å². The Labute approximate surface area is 180 Å². The average Bonchev–Trinajstić information content (AvgIpc) is 3.17. The van der Waals surface area contributed by atoms with Gasteiger partial charge in [-0.1, -0.05) is 0 Å². The predicted molar refractivity (Wildman–Crippen MR) is 113 cm³/mol. The van der Waals surface area contributed by atoms with Crippen molar-refractivity contribution in [3.8, 4) is 11.5 Å². The molecule has 3 atom stereocenters. The number of halogens is 2. The highest BCUT2D eigenvalue weighted by Crippen LogP contribution is 2.42. The third-order valence-corrected chi connectivity index (χ3v) is 6.18. The topological polar surface area (TPSA) is 83.9 Å². The zero-order valence-corrected chi connectivity index (χ0v) is 18.3. The second-order valence-electron chi connectivity index (χ2n) is 8.21. The van der Waals surface area contributed by atoms with Gasteiger partial charge < -0.3 is 15.0 Å². The van der Waals surface area contributed by atoms with Gasteiger partial charge >= 0.3 is 0 Å². The van der Waals surface area contributed by atoms with Crippen LogP contribution >= 0.6 is 0 Å². The van der Waals surface area contributed by atoms with Gasteiger partial charge in [0.15, 0.2) is 17.4 Å². The van der Waals surface area contributed by atoms with Gasteiger partial charge in [-0.3, -0.25) is 4.79 Å². The molecule has 7 nitrogen and oxygen atoms in total. The third-order valence-electron chi connectivity index (χ3n) is 5.55. The Hall–Kier alpha value is -2.59. The summed E-state index contributed by atoms with van der Waals surface area (Å²) >= 11 is 0. The number of fused-ring (bicyclic) bond motifs is 1. The summed E-state index contributed by atoms with van der Waals surface area (Å²) in [5.74, 6) is -1.28. The first-order valence-electron chi connectivity index (χ1n) is 9.92. The molecule has 2 saturated heterocycles. The Bertz CT molecular complexity index is 1140. The van der Waals surface area contributed by atoms with Gasteiger partial charge in [0.1, 0.15) is 11.6 Å². The maximum Gasteiger partial charge on any atom is 0.239 e. The molecule has 3 unspecified atom stereocenters. The number of nitrogens with one attached hydrogen (secondary N) is 1. The van der Waals surface area contributed by atoms with Gasteiger partial charge in [0.05, 0.1) is 11.7 Å². The van der Waals surface area contributed by atoms with Gasteiger partial charge in [-0.25, -0.2) is 18.0 Å². The number of aromatic nitrogens is 1. The Kier molecular flexibility index (Phi) is 5.69. The number of carbonyl (C=O) groups is 1. The number of piperidine rings is 1. The fraction of sp³-hybridized carbons (Fsp3) is 0.429. The van der Waals surface area contributed by atoms with E-state index in [9.17, 15) is 17.8 Å². The minimum absolute atomic E-state index is 0.0144. The van der Waals surface area contributed by atoms with Gasteiger partial charge in [-0.2, -0.15) is 4.36 Å². The zero-order chi connectivity index (χ0) is 22.3. The molecule has 0 spiro atoms. The van der Waals surface area contributed by atoms with Crippen LogP contribution in [-0.2, 0) is 14.5 Å². The number of pyridine rings is 1. The SMILES string of the molecule is CN1CC(c2nc(N=S(C)(C)=O)ccc2Oc2ccc(F)cc2F)C2CCNC2C1=O. The van der Waals surface area contributed by atoms with Gasteiger partial charge in [-0.05, 0) is 43.1 Å². The molecular formula is C21H24F2N4O3S. The smallest absolute Gasteiger partial charge is 0.239 e. The number of carbonyl (C=O) groups excluding carboxylic acids is 1. The van der Waals surface area contributed by atoms with Crippen molar-refractivity contribution >= 4 is 21.5 Å². The second kappa shape index (κ2) is 8.16. The molecule has 3 heterocycles. The Morgan fingerprint density at radius 3 is 2.68 bits per heavy atom. The lowest BCUT2D eigenvalue weighted by atomic mass is 9.79. The molecule has 0 bridgehead atoms. The average molecular weight is 451 g/mol. The predicted octanol–water partition coefficient (Wildman–Crippen LogP) is 3.04. The highest BCUT2D eigenvalue weighted by molar-refractivity contribution is 7.92. The van der Waals surface area contributed by atoms with Gasteiger partial charge in [-0.15, -0.1) is 0 Å². The Balaban J connectivity index is 1.80. The van der Waals surface area contributed by atoms with E-state index >= 15 is 0 Å². The van der Waals surface area contributed by atoms with Crippen molar-refractivity contribution < 1.29 is 22.5 Å². The number of rotatable bonds is 4. The second-order valence-corrected chi connectivity index (χ2v) is 10.8. The first-order valence-corrected chi connectivity index (χ1v) is 12.2. The van der Waals surface area contributed by atoms with Crippen LogP contribution in [-0.4, -0.2) is 58.7 Å². The van der Waals surface area contributed by atoms with Crippen molar-refractivity contribution in [2.75, 3.05) is 32.6 Å². The van der Waals surface area contributed by atoms with Crippen LogP contribution in [0.3, 0.4) is 0 Å². The summed E-state index contributed by atoms with van der Waals surface area (Å²) in [5, 5.41) is 3.25. The molecule has 1 aromatic heterocycles. The summed E-state index contributed by atoms with van der Waals surface area (Å²) in [7, 11) is -0.725. The summed E-state index contributed by atoms with van der Waals surface area (Å²) in [6.07, 6.45) is 3.80. The number of hydrogen-bond donors (Lipinski definition) is 1. The molecule has 2 aromatic rings. The Morgan fingerprint density at radius 1 is 1.23 bits per heavy atom. The maximum absolute atomic E-state index is 14.2. The monoisotopic (exact) mass is 450 g/mol. The van der Waals surface area contributed by atoms with E-state index in [-0.39, 0.29) is 35.4 Å². The van der Waals surface area contributed by atoms with E-state index in [1.54, 1.807) is 24.1 Å². The van der Waals surface area contributed by atoms with E-state index in [1.807, 2.05) is 0 Å². The molecule has 0 saturated carbocycles. The molecule has 166 valence electrons. The minimum Gasteiger partial charge on any atom is -0.452 e. The van der Waals surface area contributed by atoms with E-state index in [0.29, 0.717) is 24.5 Å². The van der Waals surface area contributed by atoms with E-state index < -0.39 is 21.4 Å². The fourth-order valence-corrected chi connectivity index (χ4v) is 4.78. The molecule has 2 aliphatic heterocycles. The molecule has 1 N–H and O–H groups in total. The van der Waals surface area contributed by atoms with Crippen LogP contribution in [0.25, 0.3) is 0 Å². The van der Waals surface area contributed by atoms with Crippen LogP contribution in [0.2, 0.25) is 0 Å². The largest absolute Gasteiger partial charge is 0.452 e. The first kappa shape index (κ1) is 21.6. The van der Waals surface area contributed by atoms with Crippen molar-refractivity contribution in [1.82, 2.24) is 15.2 Å². The fourth-order valence-electron chi connectivity index (χ4n) is 4.23. The standard InChI is InChI=1S/C21H24F2N4O3S/c1-27-11-14(13-8-9-24-20(13)21(27)28)19-17(6-7-18(25-19)26-31(2,3)29)30-16-5-4-12(22)10-15(16)23/h4-7,10,13-14,20,24H,8-9,11H2,1-3H3. The van der Waals surface area contributed by atoms with Crippen molar-refractivity contribution in [3.05, 3.63) is 47.7 Å². The molecule has 0 aliphatic carbocycles. The molecule has 31 heavy (non-hydrogen) atoms. The molecule has 0 radical (unpaired) electrons. The summed E-state index contributed by atoms with van der Waals surface area (Å²) in [6, 6.07) is 5.90. The van der Waals surface area contributed by atoms with Crippen LogP contribution in [0.1, 0.15) is 18.0 Å². The molecule has 4 rings (SSSR count). The van der Waals surface area contributed by atoms with Crippen molar-refractivity contribution in [1.29, 1.82) is 0 Å². The molecule has 2 aliphatic rings. The lowest BCUT2D eigenvalue weighted by Crippen LogP contribution is -2.53. The van der Waals surface area contributed by atoms with Crippen LogP contribution in [0.4, 0.5) is 14.6 Å². The molecule has 1 amide bonds. The van der Waals surface area contributed by atoms with E-state index in [1.165, 1.54) is 18.6 Å². The minimum atomic E-state index is -2.45. The number of hydrogen-bond acceptors (Lipinski definition) is 6. The molecule has 1 aromatic carbocycles. The van der Waals surface area contributed by atoms with Gasteiger partial charge in [0.25, 0.3) is 0 Å². The number of nitrogens with zero attached hydrogens (tertiary/aromatic N) is 3. The normalized spacial score (nSPS) is 23.6. The highest BCUT2D eigenvalue weighted by Gasteiger charge is 2.46. The van der Waals surface area contributed by atoms with E-state index in [2.05, 4.69) is 14.7 Å². The summed E-state index contributed by atoms with van der Waals surface area (Å²) in [6.45, 7) is 1.12. The number of amides is 1. The van der Waals surface area contributed by atoms with Crippen molar-refractivity contribution in [2.45, 2.75) is 18.4 Å². The Morgan fingerprint density at radius 2 is 1.97 bits per heavy atom. The molecule has 10 heteroatoms. The van der Waals surface area contributed by atoms with E-state index in [4.69, 9.17) is 4.74 Å². The number of likely N-dealkylation sites (N-methyl/N-ethyl adjacent to an activating group) is 1. The lowest BCUT2D eigenvalue weighted by Gasteiger charge is -2.38. The van der Waals surface area contributed by atoms with Gasteiger partial charge in [0.2, 0.25) is 5.91 Å². The zero-order valence-electron chi connectivity index (χ0n) is 17.5. The van der Waals surface area contributed by atoms with Crippen LogP contribution in [0, 0.1) is 17.6 Å². The molecule has 2 fully saturated rings. The van der Waals surface area contributed by atoms with E-state index in [0.717, 1.165) is 18.6 Å². The van der Waals surface area contributed by atoms with Crippen LogP contribution in [0.15, 0.2) is 34.7 Å². The van der Waals surface area contributed by atoms with Crippen molar-refractivity contribution in [2.24, 2.45) is 10.3 Å². The number of ether oxygens (including phenoxy) is 1. The summed E-state index contributed by atoms with van der Waals surface area (Å²) in [4.78, 5) is 18.8. The highest BCUT2D eigenvalue weighted by atomic mass is 32.2. The van der Waals surface area contributed by atoms with Gasteiger partial charge in [0, 0.05) is 47.8 Å². The maximum atomic E-state index is 14.2. The van der Waals surface area contributed by atoms with Crippen LogP contribution < -0.4 is 10.1 Å². The lowest BCUT2D eigenvalue weighted by molar-refractivity contribution is -0.136. The molecular weight excluding hydrogens is 426 g/mol. The quantitative estimate of drug-likeness (QED) is 0.774. The summed E-state index contributed by atoms with van der Waals surface area (Å²) < 4.78 is 49.7. The van der Waals surface area contributed by atoms with Crippen LogP contribution in [0.5, 0.6) is 11.5 Å². The first-order chi connectivity index (χ1) is 14.6. The third kappa shape index (κ3) is 4.54. The summed E-state index contributed by atoms with van der Waals surface area (Å²) in [5.41, 5.74) is 0.506.